The van der Waals surface area contributed by atoms with Crippen molar-refractivity contribution in [1.82, 2.24) is 10.6 Å². The third-order valence-corrected chi connectivity index (χ3v) is 3.46. The lowest BCUT2D eigenvalue weighted by Crippen LogP contribution is -2.55. The molecule has 0 aromatic carbocycles. The number of hydrogen-bond donors (Lipinski definition) is 3. The second-order valence-corrected chi connectivity index (χ2v) is 6.07. The van der Waals surface area contributed by atoms with Crippen molar-refractivity contribution in [2.24, 2.45) is 5.41 Å². The summed E-state index contributed by atoms with van der Waals surface area (Å²) in [6.07, 6.45) is 2.80. The Morgan fingerprint density at radius 3 is 2.42 bits per heavy atom. The number of urea groups is 1. The van der Waals surface area contributed by atoms with Gasteiger partial charge in [-0.1, -0.05) is 20.8 Å². The smallest absolute Gasteiger partial charge is 0.326 e. The molecule has 0 spiro atoms. The number of carboxylic acids is 1. The molecular weight excluding hydrogens is 248 g/mol. The highest BCUT2D eigenvalue weighted by atomic mass is 16.5. The van der Waals surface area contributed by atoms with E-state index in [2.05, 4.69) is 10.6 Å². The summed E-state index contributed by atoms with van der Waals surface area (Å²) in [6, 6.07) is -1.41. The first-order chi connectivity index (χ1) is 8.75. The van der Waals surface area contributed by atoms with Crippen LogP contribution in [0.5, 0.6) is 0 Å². The first-order valence-corrected chi connectivity index (χ1v) is 6.58. The molecule has 2 amide bonds. The number of amides is 2. The van der Waals surface area contributed by atoms with Crippen molar-refractivity contribution >= 4 is 12.0 Å². The average Bonchev–Trinajstić information content (AvgIpc) is 2.71. The van der Waals surface area contributed by atoms with E-state index in [0.29, 0.717) is 0 Å². The topological polar surface area (TPSA) is 87.7 Å². The van der Waals surface area contributed by atoms with Gasteiger partial charge in [-0.25, -0.2) is 9.59 Å². The Kier molecular flexibility index (Phi) is 5.17. The van der Waals surface area contributed by atoms with Crippen molar-refractivity contribution in [3.05, 3.63) is 0 Å². The highest BCUT2D eigenvalue weighted by Crippen LogP contribution is 2.22. The SMILES string of the molecule is COC1CCCC1NC(=O)NC(C(=O)O)C(C)(C)C. The zero-order valence-electron chi connectivity index (χ0n) is 12.0. The van der Waals surface area contributed by atoms with Crippen molar-refractivity contribution in [3.8, 4) is 0 Å². The molecule has 0 aromatic heterocycles. The molecule has 1 fully saturated rings. The minimum absolute atomic E-state index is 0.0173. The van der Waals surface area contributed by atoms with E-state index in [1.165, 1.54) is 0 Å². The Hall–Kier alpha value is -1.30. The van der Waals surface area contributed by atoms with Gasteiger partial charge in [-0.3, -0.25) is 0 Å². The summed E-state index contributed by atoms with van der Waals surface area (Å²) in [6.45, 7) is 5.33. The van der Waals surface area contributed by atoms with Crippen LogP contribution in [0, 0.1) is 5.41 Å². The highest BCUT2D eigenvalue weighted by molar-refractivity contribution is 5.83. The zero-order chi connectivity index (χ0) is 14.6. The maximum absolute atomic E-state index is 11.9. The minimum atomic E-state index is -1.03. The quantitative estimate of drug-likeness (QED) is 0.721. The summed E-state index contributed by atoms with van der Waals surface area (Å²) >= 11 is 0. The molecule has 3 atom stereocenters. The Balaban J connectivity index is 2.56. The molecule has 110 valence electrons. The Morgan fingerprint density at radius 2 is 1.95 bits per heavy atom. The molecule has 3 unspecified atom stereocenters. The third kappa shape index (κ3) is 4.38. The number of carbonyl (C=O) groups is 2. The molecule has 0 aromatic rings. The van der Waals surface area contributed by atoms with Crippen LogP contribution >= 0.6 is 0 Å². The maximum Gasteiger partial charge on any atom is 0.326 e. The number of methoxy groups -OCH3 is 1. The molecule has 1 aliphatic rings. The monoisotopic (exact) mass is 272 g/mol. The van der Waals surface area contributed by atoms with E-state index < -0.39 is 23.5 Å². The fraction of sp³-hybridized carbons (Fsp3) is 0.846. The zero-order valence-corrected chi connectivity index (χ0v) is 12.0. The average molecular weight is 272 g/mol. The standard InChI is InChI=1S/C13H24N2O4/c1-13(2,3)10(11(16)17)15-12(18)14-8-6-5-7-9(8)19-4/h8-10H,5-7H2,1-4H3,(H,16,17)(H2,14,15,18). The number of hydrogen-bond acceptors (Lipinski definition) is 3. The molecule has 1 aliphatic carbocycles. The molecule has 0 radical (unpaired) electrons. The van der Waals surface area contributed by atoms with Crippen LogP contribution < -0.4 is 10.6 Å². The van der Waals surface area contributed by atoms with Crippen LogP contribution in [0.25, 0.3) is 0 Å². The highest BCUT2D eigenvalue weighted by Gasteiger charge is 2.34. The summed E-state index contributed by atoms with van der Waals surface area (Å²) in [5.74, 6) is -1.03. The van der Waals surface area contributed by atoms with Gasteiger partial charge in [0.2, 0.25) is 0 Å². The van der Waals surface area contributed by atoms with Crippen molar-refractivity contribution < 1.29 is 19.4 Å². The largest absolute Gasteiger partial charge is 0.480 e. The molecule has 1 rings (SSSR count). The van der Waals surface area contributed by atoms with Gasteiger partial charge in [-0.2, -0.15) is 0 Å². The van der Waals surface area contributed by atoms with Crippen LogP contribution in [0.1, 0.15) is 40.0 Å². The van der Waals surface area contributed by atoms with E-state index in [0.717, 1.165) is 19.3 Å². The van der Waals surface area contributed by atoms with Crippen molar-refractivity contribution in [3.63, 3.8) is 0 Å². The number of ether oxygens (including phenoxy) is 1. The lowest BCUT2D eigenvalue weighted by molar-refractivity contribution is -0.141. The van der Waals surface area contributed by atoms with Crippen LogP contribution in [0.2, 0.25) is 0 Å². The summed E-state index contributed by atoms with van der Waals surface area (Å²) < 4.78 is 5.29. The van der Waals surface area contributed by atoms with E-state index in [4.69, 9.17) is 9.84 Å². The molecule has 3 N–H and O–H groups in total. The molecule has 6 heteroatoms. The maximum atomic E-state index is 11.9. The lowest BCUT2D eigenvalue weighted by Gasteiger charge is -2.29. The van der Waals surface area contributed by atoms with Crippen molar-refractivity contribution in [2.75, 3.05) is 7.11 Å². The van der Waals surface area contributed by atoms with Gasteiger partial charge in [0.15, 0.2) is 0 Å². The van der Waals surface area contributed by atoms with Crippen LogP contribution in [0.3, 0.4) is 0 Å². The van der Waals surface area contributed by atoms with E-state index in [-0.39, 0.29) is 12.1 Å². The van der Waals surface area contributed by atoms with E-state index in [1.54, 1.807) is 27.9 Å². The molecule has 6 nitrogen and oxygen atoms in total. The second kappa shape index (κ2) is 6.23. The number of rotatable bonds is 4. The van der Waals surface area contributed by atoms with Gasteiger partial charge in [0.1, 0.15) is 6.04 Å². The number of carbonyl (C=O) groups excluding carboxylic acids is 1. The van der Waals surface area contributed by atoms with Crippen molar-refractivity contribution in [1.29, 1.82) is 0 Å². The van der Waals surface area contributed by atoms with Crippen LogP contribution in [0.4, 0.5) is 4.79 Å². The number of carboxylic acid groups (broad SMARTS) is 1. The predicted molar refractivity (Wildman–Crippen MR) is 71.0 cm³/mol. The first kappa shape index (κ1) is 15.8. The number of aliphatic carboxylic acids is 1. The molecule has 0 saturated heterocycles. The van der Waals surface area contributed by atoms with Crippen LogP contribution in [-0.2, 0) is 9.53 Å². The Labute approximate surface area is 113 Å². The molecular formula is C13H24N2O4. The van der Waals surface area contributed by atoms with E-state index >= 15 is 0 Å². The fourth-order valence-corrected chi connectivity index (χ4v) is 2.36. The lowest BCUT2D eigenvalue weighted by atomic mass is 9.87. The van der Waals surface area contributed by atoms with Gasteiger partial charge in [0, 0.05) is 7.11 Å². The van der Waals surface area contributed by atoms with Crippen LogP contribution in [0.15, 0.2) is 0 Å². The van der Waals surface area contributed by atoms with Gasteiger partial charge >= 0.3 is 12.0 Å². The van der Waals surface area contributed by atoms with Gasteiger partial charge in [-0.15, -0.1) is 0 Å². The molecule has 0 heterocycles. The summed E-state index contributed by atoms with van der Waals surface area (Å²) in [4.78, 5) is 23.1. The van der Waals surface area contributed by atoms with Gasteiger partial charge in [0.05, 0.1) is 12.1 Å². The second-order valence-electron chi connectivity index (χ2n) is 6.07. The van der Waals surface area contributed by atoms with E-state index in [9.17, 15) is 9.59 Å². The van der Waals surface area contributed by atoms with Crippen LogP contribution in [-0.4, -0.2) is 42.4 Å². The van der Waals surface area contributed by atoms with Gasteiger partial charge in [0.25, 0.3) is 0 Å². The summed E-state index contributed by atoms with van der Waals surface area (Å²) in [7, 11) is 1.62. The Bertz CT molecular complexity index is 338. The van der Waals surface area contributed by atoms with Gasteiger partial charge < -0.3 is 20.5 Å². The molecule has 0 aliphatic heterocycles. The van der Waals surface area contributed by atoms with Crippen molar-refractivity contribution in [2.45, 2.75) is 58.2 Å². The molecule has 0 bridgehead atoms. The normalized spacial score (nSPS) is 24.8. The van der Waals surface area contributed by atoms with Gasteiger partial charge in [-0.05, 0) is 24.7 Å². The Morgan fingerprint density at radius 1 is 1.32 bits per heavy atom. The first-order valence-electron chi connectivity index (χ1n) is 6.58. The predicted octanol–water partition coefficient (Wildman–Crippen LogP) is 1.35. The number of nitrogens with one attached hydrogen (secondary N) is 2. The van der Waals surface area contributed by atoms with E-state index in [1.807, 2.05) is 0 Å². The fourth-order valence-electron chi connectivity index (χ4n) is 2.36. The summed E-state index contributed by atoms with van der Waals surface area (Å²) in [5, 5.41) is 14.5. The molecule has 1 saturated carbocycles. The minimum Gasteiger partial charge on any atom is -0.480 e. The molecule has 19 heavy (non-hydrogen) atoms. The third-order valence-electron chi connectivity index (χ3n) is 3.46. The summed E-state index contributed by atoms with van der Waals surface area (Å²) in [5.41, 5.74) is -0.542.